The van der Waals surface area contributed by atoms with E-state index in [4.69, 9.17) is 9.47 Å². The SMILES string of the molecule is COc1ccc(CCC[C@@H](C(=O)N[C@H](C(=O)NCC2CCCO2)C(C)(C)C)[C@H](C)N(O)C=O)cc1. The Hall–Kier alpha value is -2.65. The van der Waals surface area contributed by atoms with Crippen LogP contribution in [0, 0.1) is 11.3 Å². The lowest BCUT2D eigenvalue weighted by Crippen LogP contribution is -2.57. The van der Waals surface area contributed by atoms with Crippen molar-refractivity contribution < 1.29 is 29.1 Å². The lowest BCUT2D eigenvalue weighted by Gasteiger charge is -2.34. The van der Waals surface area contributed by atoms with Gasteiger partial charge in [0.1, 0.15) is 11.8 Å². The molecule has 1 fully saturated rings. The molecule has 0 spiro atoms. The molecule has 3 amide bonds. The summed E-state index contributed by atoms with van der Waals surface area (Å²) in [6.07, 6.45) is 3.98. The van der Waals surface area contributed by atoms with Gasteiger partial charge < -0.3 is 20.1 Å². The largest absolute Gasteiger partial charge is 0.497 e. The third kappa shape index (κ3) is 8.81. The summed E-state index contributed by atoms with van der Waals surface area (Å²) in [6.45, 7) is 8.37. The predicted molar refractivity (Wildman–Crippen MR) is 132 cm³/mol. The van der Waals surface area contributed by atoms with E-state index >= 15 is 0 Å². The number of nitrogens with zero attached hydrogens (tertiary/aromatic N) is 1. The number of hydrogen-bond acceptors (Lipinski definition) is 6. The predicted octanol–water partition coefficient (Wildman–Crippen LogP) is 2.70. The molecule has 35 heavy (non-hydrogen) atoms. The Morgan fingerprint density at radius 1 is 1.26 bits per heavy atom. The molecule has 1 unspecified atom stereocenters. The molecule has 9 heteroatoms. The van der Waals surface area contributed by atoms with Crippen LogP contribution in [0.1, 0.15) is 58.9 Å². The number of carbonyl (C=O) groups is 3. The van der Waals surface area contributed by atoms with Crippen molar-refractivity contribution in [2.45, 2.75) is 78.0 Å². The van der Waals surface area contributed by atoms with Gasteiger partial charge in [0.15, 0.2) is 0 Å². The van der Waals surface area contributed by atoms with Gasteiger partial charge in [0.05, 0.1) is 25.2 Å². The third-order valence-corrected chi connectivity index (χ3v) is 6.53. The molecule has 4 atom stereocenters. The van der Waals surface area contributed by atoms with E-state index in [1.54, 1.807) is 14.0 Å². The van der Waals surface area contributed by atoms with Gasteiger partial charge >= 0.3 is 0 Å². The monoisotopic (exact) mass is 491 g/mol. The first kappa shape index (κ1) is 28.6. The van der Waals surface area contributed by atoms with Crippen LogP contribution in [0.15, 0.2) is 24.3 Å². The Morgan fingerprint density at radius 3 is 2.49 bits per heavy atom. The molecule has 2 rings (SSSR count). The average Bonchev–Trinajstić information content (AvgIpc) is 3.36. The number of hydroxylamine groups is 2. The van der Waals surface area contributed by atoms with Crippen molar-refractivity contribution in [3.05, 3.63) is 29.8 Å². The zero-order chi connectivity index (χ0) is 26.0. The van der Waals surface area contributed by atoms with Crippen molar-refractivity contribution >= 4 is 18.2 Å². The van der Waals surface area contributed by atoms with Crippen molar-refractivity contribution in [3.8, 4) is 5.75 Å². The van der Waals surface area contributed by atoms with Crippen molar-refractivity contribution in [1.82, 2.24) is 15.7 Å². The molecule has 0 bridgehead atoms. The molecule has 1 aliphatic rings. The van der Waals surface area contributed by atoms with E-state index in [0.29, 0.717) is 37.5 Å². The van der Waals surface area contributed by atoms with E-state index in [1.165, 1.54) is 0 Å². The molecule has 1 heterocycles. The van der Waals surface area contributed by atoms with Crippen LogP contribution >= 0.6 is 0 Å². The molecule has 0 radical (unpaired) electrons. The number of nitrogens with one attached hydrogen (secondary N) is 2. The second-order valence-electron chi connectivity index (χ2n) is 10.3. The van der Waals surface area contributed by atoms with Gasteiger partial charge in [-0.25, -0.2) is 5.06 Å². The minimum Gasteiger partial charge on any atom is -0.497 e. The number of hydrogen-bond donors (Lipinski definition) is 3. The molecule has 0 aromatic heterocycles. The fourth-order valence-electron chi connectivity index (χ4n) is 4.24. The number of methoxy groups -OCH3 is 1. The van der Waals surface area contributed by atoms with Crippen LogP contribution in [-0.4, -0.2) is 66.9 Å². The van der Waals surface area contributed by atoms with Crippen molar-refractivity contribution in [2.75, 3.05) is 20.3 Å². The van der Waals surface area contributed by atoms with Crippen LogP contribution in [0.2, 0.25) is 0 Å². The summed E-state index contributed by atoms with van der Waals surface area (Å²) in [7, 11) is 1.61. The van der Waals surface area contributed by atoms with Crippen LogP contribution in [0.4, 0.5) is 0 Å². The molecule has 9 nitrogen and oxygen atoms in total. The first-order valence-corrected chi connectivity index (χ1v) is 12.3. The number of ether oxygens (including phenoxy) is 2. The summed E-state index contributed by atoms with van der Waals surface area (Å²) in [5.41, 5.74) is 0.548. The van der Waals surface area contributed by atoms with E-state index in [9.17, 15) is 19.6 Å². The van der Waals surface area contributed by atoms with Gasteiger partial charge in [0.2, 0.25) is 18.2 Å². The number of rotatable bonds is 13. The summed E-state index contributed by atoms with van der Waals surface area (Å²) >= 11 is 0. The summed E-state index contributed by atoms with van der Waals surface area (Å²) < 4.78 is 10.8. The fraction of sp³-hybridized carbons (Fsp3) is 0.654. The zero-order valence-electron chi connectivity index (χ0n) is 21.6. The minimum absolute atomic E-state index is 0.00321. The maximum absolute atomic E-state index is 13.4. The summed E-state index contributed by atoms with van der Waals surface area (Å²) in [5, 5.41) is 16.3. The molecule has 0 saturated carbocycles. The summed E-state index contributed by atoms with van der Waals surface area (Å²) in [5.74, 6) is -0.575. The lowest BCUT2D eigenvalue weighted by atomic mass is 9.84. The zero-order valence-corrected chi connectivity index (χ0v) is 21.6. The van der Waals surface area contributed by atoms with Gasteiger partial charge in [0, 0.05) is 13.2 Å². The minimum atomic E-state index is -0.781. The third-order valence-electron chi connectivity index (χ3n) is 6.53. The van der Waals surface area contributed by atoms with E-state index in [1.807, 2.05) is 45.0 Å². The van der Waals surface area contributed by atoms with Crippen LogP contribution in [-0.2, 0) is 25.5 Å². The molecule has 1 aliphatic heterocycles. The molecule has 196 valence electrons. The highest BCUT2D eigenvalue weighted by atomic mass is 16.5. The first-order chi connectivity index (χ1) is 16.6. The highest BCUT2D eigenvalue weighted by Gasteiger charge is 2.37. The molecular weight excluding hydrogens is 450 g/mol. The highest BCUT2D eigenvalue weighted by Crippen LogP contribution is 2.23. The number of benzene rings is 1. The molecule has 1 aromatic carbocycles. The normalized spacial score (nSPS) is 18.3. The molecular formula is C26H41N3O6. The van der Waals surface area contributed by atoms with Crippen LogP contribution in [0.3, 0.4) is 0 Å². The van der Waals surface area contributed by atoms with Gasteiger partial charge in [-0.2, -0.15) is 0 Å². The van der Waals surface area contributed by atoms with Crippen LogP contribution in [0.25, 0.3) is 0 Å². The van der Waals surface area contributed by atoms with Crippen molar-refractivity contribution in [2.24, 2.45) is 11.3 Å². The van der Waals surface area contributed by atoms with Gasteiger partial charge in [0.25, 0.3) is 0 Å². The fourth-order valence-corrected chi connectivity index (χ4v) is 4.24. The molecule has 3 N–H and O–H groups in total. The Morgan fingerprint density at radius 2 is 1.94 bits per heavy atom. The highest BCUT2D eigenvalue weighted by molar-refractivity contribution is 5.89. The van der Waals surface area contributed by atoms with Gasteiger partial charge in [-0.1, -0.05) is 32.9 Å². The second-order valence-corrected chi connectivity index (χ2v) is 10.3. The maximum atomic E-state index is 13.4. The smallest absolute Gasteiger partial charge is 0.243 e. The van der Waals surface area contributed by atoms with Gasteiger partial charge in [-0.05, 0) is 62.1 Å². The Bertz CT molecular complexity index is 817. The lowest BCUT2D eigenvalue weighted by molar-refractivity contribution is -0.166. The summed E-state index contributed by atoms with van der Waals surface area (Å²) in [6, 6.07) is 6.17. The van der Waals surface area contributed by atoms with E-state index < -0.39 is 23.4 Å². The van der Waals surface area contributed by atoms with E-state index in [2.05, 4.69) is 10.6 Å². The average molecular weight is 492 g/mol. The maximum Gasteiger partial charge on any atom is 0.243 e. The number of carbonyl (C=O) groups excluding carboxylic acids is 3. The molecule has 0 aliphatic carbocycles. The van der Waals surface area contributed by atoms with E-state index in [0.717, 1.165) is 30.6 Å². The van der Waals surface area contributed by atoms with E-state index in [-0.39, 0.29) is 17.9 Å². The van der Waals surface area contributed by atoms with Gasteiger partial charge in [-0.3, -0.25) is 19.6 Å². The summed E-state index contributed by atoms with van der Waals surface area (Å²) in [4.78, 5) is 37.6. The second kappa shape index (κ2) is 13.4. The molecule has 1 aromatic rings. The Balaban J connectivity index is 2.06. The Kier molecular flexibility index (Phi) is 11.0. The quantitative estimate of drug-likeness (QED) is 0.222. The van der Waals surface area contributed by atoms with Crippen LogP contribution < -0.4 is 15.4 Å². The topological polar surface area (TPSA) is 117 Å². The number of aryl methyl sites for hydroxylation is 1. The van der Waals surface area contributed by atoms with Gasteiger partial charge in [-0.15, -0.1) is 0 Å². The van der Waals surface area contributed by atoms with Crippen molar-refractivity contribution in [3.63, 3.8) is 0 Å². The number of amides is 3. The molecule has 1 saturated heterocycles. The Labute approximate surface area is 208 Å². The standard InChI is InChI=1S/C26H41N3O6/c1-18(29(33)17-30)22(10-6-8-19-11-13-20(34-5)14-12-19)24(31)28-23(26(2,3)4)25(32)27-16-21-9-7-15-35-21/h11-14,17-18,21-23,33H,6-10,15-16H2,1-5H3,(H,27,32)(H,28,31)/t18-,21?,22+,23+/m0/s1. The van der Waals surface area contributed by atoms with Crippen LogP contribution in [0.5, 0.6) is 5.75 Å². The van der Waals surface area contributed by atoms with Crippen molar-refractivity contribution in [1.29, 1.82) is 0 Å². The first-order valence-electron chi connectivity index (χ1n) is 12.3.